The summed E-state index contributed by atoms with van der Waals surface area (Å²) in [5.74, 6) is 0.968. The molecular formula is C22H25FN4OS. The Labute approximate surface area is 174 Å². The molecule has 3 aromatic rings. The summed E-state index contributed by atoms with van der Waals surface area (Å²) in [6.45, 7) is 5.00. The first kappa shape index (κ1) is 19.8. The number of carbonyl (C=O) groups is 1. The summed E-state index contributed by atoms with van der Waals surface area (Å²) in [4.78, 5) is 14.5. The number of fused-ring (bicyclic) bond motifs is 1. The van der Waals surface area contributed by atoms with E-state index in [1.165, 1.54) is 29.4 Å². The van der Waals surface area contributed by atoms with E-state index in [-0.39, 0.29) is 11.6 Å². The van der Waals surface area contributed by atoms with Gasteiger partial charge in [0.05, 0.1) is 10.6 Å². The second kappa shape index (κ2) is 8.45. The van der Waals surface area contributed by atoms with Crippen molar-refractivity contribution in [1.29, 1.82) is 0 Å². The quantitative estimate of drug-likeness (QED) is 0.612. The molecule has 5 nitrogen and oxygen atoms in total. The molecule has 0 aliphatic carbocycles. The van der Waals surface area contributed by atoms with Crippen LogP contribution in [0.2, 0.25) is 0 Å². The third-order valence-electron chi connectivity index (χ3n) is 5.35. The van der Waals surface area contributed by atoms with E-state index in [1.54, 1.807) is 12.1 Å². The summed E-state index contributed by atoms with van der Waals surface area (Å²) in [5, 5.41) is 11.4. The number of benzene rings is 1. The van der Waals surface area contributed by atoms with Crippen LogP contribution >= 0.6 is 11.3 Å². The lowest BCUT2D eigenvalue weighted by molar-refractivity contribution is 0.103. The van der Waals surface area contributed by atoms with Crippen molar-refractivity contribution < 1.29 is 9.18 Å². The molecule has 0 fully saturated rings. The first-order chi connectivity index (χ1) is 14.1. The zero-order chi connectivity index (χ0) is 20.4. The molecule has 3 heterocycles. The SMILES string of the molecule is CCCc1cc(C(=O)Nc2cc(-c3nnc4n3CCCCC4)ccc2F)sc1C. The average Bonchev–Trinajstić information content (AvgIpc) is 3.19. The summed E-state index contributed by atoms with van der Waals surface area (Å²) < 4.78 is 16.6. The van der Waals surface area contributed by atoms with E-state index in [1.807, 2.05) is 13.0 Å². The number of halogens is 1. The Balaban J connectivity index is 1.60. The highest BCUT2D eigenvalue weighted by Crippen LogP contribution is 2.28. The predicted octanol–water partition coefficient (Wildman–Crippen LogP) is 5.39. The molecule has 1 N–H and O–H groups in total. The molecule has 1 aliphatic heterocycles. The summed E-state index contributed by atoms with van der Waals surface area (Å²) in [5.41, 5.74) is 2.11. The number of aromatic nitrogens is 3. The van der Waals surface area contributed by atoms with Gasteiger partial charge in [-0.3, -0.25) is 4.79 Å². The average molecular weight is 413 g/mol. The van der Waals surface area contributed by atoms with E-state index in [9.17, 15) is 9.18 Å². The van der Waals surface area contributed by atoms with Gasteiger partial charge in [-0.1, -0.05) is 19.8 Å². The highest BCUT2D eigenvalue weighted by atomic mass is 32.1. The van der Waals surface area contributed by atoms with Crippen molar-refractivity contribution in [1.82, 2.24) is 14.8 Å². The van der Waals surface area contributed by atoms with Gasteiger partial charge in [0.15, 0.2) is 5.82 Å². The van der Waals surface area contributed by atoms with Crippen molar-refractivity contribution in [3.05, 3.63) is 51.2 Å². The molecular weight excluding hydrogens is 387 g/mol. The molecule has 0 saturated carbocycles. The Morgan fingerprint density at radius 1 is 1.24 bits per heavy atom. The van der Waals surface area contributed by atoms with Gasteiger partial charge in [0.25, 0.3) is 5.91 Å². The van der Waals surface area contributed by atoms with E-state index < -0.39 is 5.82 Å². The van der Waals surface area contributed by atoms with Crippen LogP contribution < -0.4 is 5.32 Å². The molecule has 1 aliphatic rings. The van der Waals surface area contributed by atoms with Crippen LogP contribution in [0.3, 0.4) is 0 Å². The number of hydrogen-bond acceptors (Lipinski definition) is 4. The van der Waals surface area contributed by atoms with Crippen molar-refractivity contribution in [3.8, 4) is 11.4 Å². The van der Waals surface area contributed by atoms with Crippen LogP contribution in [0.5, 0.6) is 0 Å². The maximum Gasteiger partial charge on any atom is 0.265 e. The van der Waals surface area contributed by atoms with Crippen molar-refractivity contribution in [2.45, 2.75) is 58.9 Å². The van der Waals surface area contributed by atoms with E-state index >= 15 is 0 Å². The largest absolute Gasteiger partial charge is 0.319 e. The lowest BCUT2D eigenvalue weighted by Gasteiger charge is -2.10. The minimum Gasteiger partial charge on any atom is -0.319 e. The molecule has 4 rings (SSSR count). The van der Waals surface area contributed by atoms with Crippen molar-refractivity contribution >= 4 is 22.9 Å². The molecule has 2 aromatic heterocycles. The first-order valence-corrected chi connectivity index (χ1v) is 11.0. The predicted molar refractivity (Wildman–Crippen MR) is 114 cm³/mol. The molecule has 1 aromatic carbocycles. The second-order valence-corrected chi connectivity index (χ2v) is 8.75. The molecule has 0 unspecified atom stereocenters. The summed E-state index contributed by atoms with van der Waals surface area (Å²) in [7, 11) is 0. The molecule has 1 amide bonds. The Morgan fingerprint density at radius 3 is 2.93 bits per heavy atom. The number of anilines is 1. The summed E-state index contributed by atoms with van der Waals surface area (Å²) in [6.07, 6.45) is 6.25. The number of nitrogens with zero attached hydrogens (tertiary/aromatic N) is 3. The number of rotatable bonds is 5. The van der Waals surface area contributed by atoms with Crippen LogP contribution in [0.1, 0.15) is 58.5 Å². The molecule has 152 valence electrons. The van der Waals surface area contributed by atoms with Gasteiger partial charge >= 0.3 is 0 Å². The molecule has 0 atom stereocenters. The monoisotopic (exact) mass is 412 g/mol. The lowest BCUT2D eigenvalue weighted by atomic mass is 10.1. The Hall–Kier alpha value is -2.54. The van der Waals surface area contributed by atoms with Gasteiger partial charge in [-0.05, 0) is 56.0 Å². The number of thiophene rings is 1. The van der Waals surface area contributed by atoms with Crippen LogP contribution in [0.25, 0.3) is 11.4 Å². The third kappa shape index (κ3) is 4.10. The highest BCUT2D eigenvalue weighted by Gasteiger charge is 2.19. The number of nitrogens with one attached hydrogen (secondary N) is 1. The van der Waals surface area contributed by atoms with Gasteiger partial charge in [0, 0.05) is 23.4 Å². The Morgan fingerprint density at radius 2 is 2.10 bits per heavy atom. The van der Waals surface area contributed by atoms with E-state index in [0.717, 1.165) is 60.7 Å². The normalized spacial score (nSPS) is 13.8. The van der Waals surface area contributed by atoms with Gasteiger partial charge in [-0.2, -0.15) is 0 Å². The zero-order valence-electron chi connectivity index (χ0n) is 16.8. The van der Waals surface area contributed by atoms with Crippen LogP contribution in [-0.2, 0) is 19.4 Å². The fourth-order valence-corrected chi connectivity index (χ4v) is 4.76. The number of hydrogen-bond donors (Lipinski definition) is 1. The van der Waals surface area contributed by atoms with Crippen molar-refractivity contribution in [2.75, 3.05) is 5.32 Å². The minimum absolute atomic E-state index is 0.168. The summed E-state index contributed by atoms with van der Waals surface area (Å²) >= 11 is 1.45. The second-order valence-electron chi connectivity index (χ2n) is 7.49. The molecule has 0 radical (unpaired) electrons. The number of carbonyl (C=O) groups excluding carboxylic acids is 1. The van der Waals surface area contributed by atoms with Crippen LogP contribution in [0, 0.1) is 12.7 Å². The van der Waals surface area contributed by atoms with Crippen LogP contribution in [-0.4, -0.2) is 20.7 Å². The standard InChI is InChI=1S/C22H25FN4OS/c1-3-7-15-13-19(29-14(15)2)22(28)24-18-12-16(9-10-17(18)23)21-26-25-20-8-5-4-6-11-27(20)21/h9-10,12-13H,3-8,11H2,1-2H3,(H,24,28). The van der Waals surface area contributed by atoms with E-state index in [4.69, 9.17) is 0 Å². The van der Waals surface area contributed by atoms with Crippen LogP contribution in [0.15, 0.2) is 24.3 Å². The molecule has 7 heteroatoms. The fourth-order valence-electron chi connectivity index (χ4n) is 3.79. The van der Waals surface area contributed by atoms with Crippen molar-refractivity contribution in [2.24, 2.45) is 0 Å². The van der Waals surface area contributed by atoms with Crippen molar-refractivity contribution in [3.63, 3.8) is 0 Å². The smallest absolute Gasteiger partial charge is 0.265 e. The summed E-state index contributed by atoms with van der Waals surface area (Å²) in [6, 6.07) is 6.65. The van der Waals surface area contributed by atoms with Gasteiger partial charge < -0.3 is 9.88 Å². The fraction of sp³-hybridized carbons (Fsp3) is 0.409. The Bertz CT molecular complexity index is 1040. The number of amides is 1. The van der Waals surface area contributed by atoms with Gasteiger partial charge in [-0.25, -0.2) is 4.39 Å². The van der Waals surface area contributed by atoms with E-state index in [0.29, 0.717) is 4.88 Å². The van der Waals surface area contributed by atoms with Crippen LogP contribution in [0.4, 0.5) is 10.1 Å². The topological polar surface area (TPSA) is 59.8 Å². The number of aryl methyl sites for hydroxylation is 3. The zero-order valence-corrected chi connectivity index (χ0v) is 17.6. The Kier molecular flexibility index (Phi) is 5.76. The molecule has 0 bridgehead atoms. The highest BCUT2D eigenvalue weighted by molar-refractivity contribution is 7.14. The molecule has 0 saturated heterocycles. The minimum atomic E-state index is -0.459. The van der Waals surface area contributed by atoms with E-state index in [2.05, 4.69) is 27.0 Å². The first-order valence-electron chi connectivity index (χ1n) is 10.2. The van der Waals surface area contributed by atoms with Gasteiger partial charge in [-0.15, -0.1) is 21.5 Å². The maximum atomic E-state index is 14.4. The lowest BCUT2D eigenvalue weighted by Crippen LogP contribution is -2.12. The third-order valence-corrected chi connectivity index (χ3v) is 6.44. The molecule has 0 spiro atoms. The maximum absolute atomic E-state index is 14.4. The molecule has 29 heavy (non-hydrogen) atoms. The van der Waals surface area contributed by atoms with Gasteiger partial charge in [0.2, 0.25) is 0 Å². The van der Waals surface area contributed by atoms with Gasteiger partial charge in [0.1, 0.15) is 11.6 Å².